The highest BCUT2D eigenvalue weighted by molar-refractivity contribution is 5.85. The molecule has 0 aliphatic rings. The molecule has 0 aliphatic carbocycles. The molecule has 0 bridgehead atoms. The molecular formula is C13H24N2O4. The summed E-state index contributed by atoms with van der Waals surface area (Å²) in [6.07, 6.45) is 3.20. The van der Waals surface area contributed by atoms with Crippen molar-refractivity contribution in [3.63, 3.8) is 0 Å². The Balaban J connectivity index is 4.49. The standard InChI is InChI=1S/C13H24N2O4/c1-3-5-9(6-4-2)12(17)15-10(13(18)19)7-8-11(14)16/h9-10H,3-8H2,1-2H3,(H2,14,16)(H,15,17)(H,18,19)/t10-/m0/s1. The number of primary amides is 1. The van der Waals surface area contributed by atoms with Crippen LogP contribution in [0.15, 0.2) is 0 Å². The zero-order valence-electron chi connectivity index (χ0n) is 11.6. The van der Waals surface area contributed by atoms with Gasteiger partial charge >= 0.3 is 5.97 Å². The van der Waals surface area contributed by atoms with Crippen LogP contribution >= 0.6 is 0 Å². The van der Waals surface area contributed by atoms with E-state index >= 15 is 0 Å². The van der Waals surface area contributed by atoms with Gasteiger partial charge in [-0.2, -0.15) is 0 Å². The summed E-state index contributed by atoms with van der Waals surface area (Å²) >= 11 is 0. The maximum atomic E-state index is 12.0. The van der Waals surface area contributed by atoms with Crippen LogP contribution in [0.2, 0.25) is 0 Å². The van der Waals surface area contributed by atoms with Crippen molar-refractivity contribution >= 4 is 17.8 Å². The van der Waals surface area contributed by atoms with Crippen molar-refractivity contribution in [1.82, 2.24) is 5.32 Å². The van der Waals surface area contributed by atoms with E-state index in [1.165, 1.54) is 0 Å². The van der Waals surface area contributed by atoms with Gasteiger partial charge in [-0.3, -0.25) is 9.59 Å². The summed E-state index contributed by atoms with van der Waals surface area (Å²) in [5, 5.41) is 11.5. The molecule has 0 saturated carbocycles. The molecule has 110 valence electrons. The van der Waals surface area contributed by atoms with Crippen molar-refractivity contribution in [3.05, 3.63) is 0 Å². The Morgan fingerprint density at radius 2 is 1.63 bits per heavy atom. The Morgan fingerprint density at radius 3 is 2.00 bits per heavy atom. The Labute approximate surface area is 113 Å². The van der Waals surface area contributed by atoms with Gasteiger partial charge < -0.3 is 16.2 Å². The number of carbonyl (C=O) groups excluding carboxylic acids is 2. The third kappa shape index (κ3) is 7.43. The van der Waals surface area contributed by atoms with Crippen LogP contribution in [0.5, 0.6) is 0 Å². The van der Waals surface area contributed by atoms with E-state index in [1.54, 1.807) is 0 Å². The highest BCUT2D eigenvalue weighted by Crippen LogP contribution is 2.14. The van der Waals surface area contributed by atoms with Crippen LogP contribution in [0.25, 0.3) is 0 Å². The van der Waals surface area contributed by atoms with Crippen LogP contribution in [-0.4, -0.2) is 28.9 Å². The van der Waals surface area contributed by atoms with E-state index in [4.69, 9.17) is 10.8 Å². The Morgan fingerprint density at radius 1 is 1.11 bits per heavy atom. The minimum Gasteiger partial charge on any atom is -0.480 e. The molecule has 19 heavy (non-hydrogen) atoms. The molecule has 0 fully saturated rings. The van der Waals surface area contributed by atoms with Crippen molar-refractivity contribution in [2.75, 3.05) is 0 Å². The smallest absolute Gasteiger partial charge is 0.326 e. The van der Waals surface area contributed by atoms with Gasteiger partial charge in [0, 0.05) is 12.3 Å². The van der Waals surface area contributed by atoms with Crippen LogP contribution in [-0.2, 0) is 14.4 Å². The third-order valence-corrected chi connectivity index (χ3v) is 2.94. The van der Waals surface area contributed by atoms with Gasteiger partial charge in [0.15, 0.2) is 0 Å². The molecule has 0 spiro atoms. The molecule has 1 atom stereocenters. The van der Waals surface area contributed by atoms with Gasteiger partial charge in [-0.05, 0) is 19.3 Å². The van der Waals surface area contributed by atoms with Crippen LogP contribution in [0, 0.1) is 5.92 Å². The van der Waals surface area contributed by atoms with Gasteiger partial charge in [0.25, 0.3) is 0 Å². The van der Waals surface area contributed by atoms with Gasteiger partial charge in [-0.25, -0.2) is 4.79 Å². The highest BCUT2D eigenvalue weighted by Gasteiger charge is 2.24. The largest absolute Gasteiger partial charge is 0.480 e. The number of nitrogens with two attached hydrogens (primary N) is 1. The first-order chi connectivity index (χ1) is 8.92. The molecule has 6 heteroatoms. The van der Waals surface area contributed by atoms with E-state index in [0.29, 0.717) is 0 Å². The molecule has 0 radical (unpaired) electrons. The molecule has 0 aliphatic heterocycles. The first-order valence-corrected chi connectivity index (χ1v) is 6.73. The van der Waals surface area contributed by atoms with Crippen LogP contribution in [0.4, 0.5) is 0 Å². The Bertz CT molecular complexity index is 312. The summed E-state index contributed by atoms with van der Waals surface area (Å²) in [6, 6.07) is -1.05. The van der Waals surface area contributed by atoms with Crippen molar-refractivity contribution in [3.8, 4) is 0 Å². The summed E-state index contributed by atoms with van der Waals surface area (Å²) in [7, 11) is 0. The van der Waals surface area contributed by atoms with Gasteiger partial charge in [0.2, 0.25) is 11.8 Å². The first kappa shape index (κ1) is 17.4. The summed E-state index contributed by atoms with van der Waals surface area (Å²) < 4.78 is 0. The van der Waals surface area contributed by atoms with E-state index in [9.17, 15) is 14.4 Å². The number of rotatable bonds is 10. The average molecular weight is 272 g/mol. The second-order valence-corrected chi connectivity index (χ2v) is 4.68. The number of carbonyl (C=O) groups is 3. The lowest BCUT2D eigenvalue weighted by atomic mass is 9.96. The van der Waals surface area contributed by atoms with Crippen LogP contribution in [0.1, 0.15) is 52.4 Å². The Kier molecular flexibility index (Phi) is 8.57. The molecular weight excluding hydrogens is 248 g/mol. The fraction of sp³-hybridized carbons (Fsp3) is 0.769. The minimum atomic E-state index is -1.14. The number of carboxylic acid groups (broad SMARTS) is 1. The lowest BCUT2D eigenvalue weighted by Gasteiger charge is -2.19. The molecule has 2 amide bonds. The molecule has 0 heterocycles. The normalized spacial score (nSPS) is 12.2. The number of hydrogen-bond donors (Lipinski definition) is 3. The number of carboxylic acids is 1. The minimum absolute atomic E-state index is 0.0291. The average Bonchev–Trinajstić information content (AvgIpc) is 2.33. The SMILES string of the molecule is CCCC(CCC)C(=O)N[C@@H](CCC(N)=O)C(=O)O. The van der Waals surface area contributed by atoms with Crippen molar-refractivity contribution in [2.45, 2.75) is 58.4 Å². The van der Waals surface area contributed by atoms with E-state index in [-0.39, 0.29) is 24.7 Å². The topological polar surface area (TPSA) is 109 Å². The van der Waals surface area contributed by atoms with Crippen LogP contribution < -0.4 is 11.1 Å². The van der Waals surface area contributed by atoms with E-state index in [2.05, 4.69) is 5.32 Å². The molecule has 6 nitrogen and oxygen atoms in total. The van der Waals surface area contributed by atoms with Crippen molar-refractivity contribution in [2.24, 2.45) is 11.7 Å². The van der Waals surface area contributed by atoms with Crippen LogP contribution in [0.3, 0.4) is 0 Å². The fourth-order valence-corrected chi connectivity index (χ4v) is 1.94. The summed E-state index contributed by atoms with van der Waals surface area (Å²) in [5.74, 6) is -2.12. The summed E-state index contributed by atoms with van der Waals surface area (Å²) in [6.45, 7) is 3.97. The predicted molar refractivity (Wildman–Crippen MR) is 71.3 cm³/mol. The second-order valence-electron chi connectivity index (χ2n) is 4.68. The van der Waals surface area contributed by atoms with E-state index in [1.807, 2.05) is 13.8 Å². The van der Waals surface area contributed by atoms with Gasteiger partial charge in [-0.15, -0.1) is 0 Å². The number of hydrogen-bond acceptors (Lipinski definition) is 3. The lowest BCUT2D eigenvalue weighted by molar-refractivity contribution is -0.142. The molecule has 0 aromatic heterocycles. The summed E-state index contributed by atoms with van der Waals surface area (Å²) in [4.78, 5) is 33.7. The fourth-order valence-electron chi connectivity index (χ4n) is 1.94. The molecule has 0 aromatic carbocycles. The molecule has 0 unspecified atom stereocenters. The quantitative estimate of drug-likeness (QED) is 0.552. The zero-order valence-corrected chi connectivity index (χ0v) is 11.6. The zero-order chi connectivity index (χ0) is 14.8. The maximum absolute atomic E-state index is 12.0. The summed E-state index contributed by atoms with van der Waals surface area (Å²) in [5.41, 5.74) is 4.98. The predicted octanol–water partition coefficient (Wildman–Crippen LogP) is 1.04. The van der Waals surface area contributed by atoms with E-state index in [0.717, 1.165) is 25.7 Å². The van der Waals surface area contributed by atoms with Crippen molar-refractivity contribution < 1.29 is 19.5 Å². The first-order valence-electron chi connectivity index (χ1n) is 6.73. The monoisotopic (exact) mass is 272 g/mol. The second kappa shape index (κ2) is 9.35. The molecule has 0 saturated heterocycles. The Hall–Kier alpha value is -1.59. The number of nitrogens with one attached hydrogen (secondary N) is 1. The number of amides is 2. The maximum Gasteiger partial charge on any atom is 0.326 e. The third-order valence-electron chi connectivity index (χ3n) is 2.94. The lowest BCUT2D eigenvalue weighted by Crippen LogP contribution is -2.44. The molecule has 0 aromatic rings. The van der Waals surface area contributed by atoms with Gasteiger partial charge in [0.1, 0.15) is 6.04 Å². The molecule has 4 N–H and O–H groups in total. The number of aliphatic carboxylic acids is 1. The highest BCUT2D eigenvalue weighted by atomic mass is 16.4. The van der Waals surface area contributed by atoms with E-state index < -0.39 is 17.9 Å². The van der Waals surface area contributed by atoms with Gasteiger partial charge in [0.05, 0.1) is 0 Å². The van der Waals surface area contributed by atoms with Crippen molar-refractivity contribution in [1.29, 1.82) is 0 Å². The van der Waals surface area contributed by atoms with Gasteiger partial charge in [-0.1, -0.05) is 26.7 Å². The molecule has 0 rings (SSSR count).